The van der Waals surface area contributed by atoms with Gasteiger partial charge in [0.15, 0.2) is 12.4 Å². The Hall–Kier alpha value is -1.99. The van der Waals surface area contributed by atoms with Gasteiger partial charge in [-0.3, -0.25) is 9.59 Å². The summed E-state index contributed by atoms with van der Waals surface area (Å²) in [7, 11) is 0. The molecule has 0 spiro atoms. The summed E-state index contributed by atoms with van der Waals surface area (Å²) in [5.74, 6) is -0.826. The van der Waals surface area contributed by atoms with E-state index in [-0.39, 0.29) is 42.5 Å². The highest BCUT2D eigenvalue weighted by Gasteiger charge is 2.70. The largest absolute Gasteiger partial charge is 0.508 e. The molecule has 0 aromatic rings. The van der Waals surface area contributed by atoms with Crippen LogP contribution in [0, 0.1) is 34.5 Å². The number of carbonyl (C=O) groups excluding carboxylic acids is 3. The molecule has 0 heterocycles. The first kappa shape index (κ1) is 23.2. The molecule has 0 aliphatic heterocycles. The van der Waals surface area contributed by atoms with E-state index in [9.17, 15) is 24.6 Å². The van der Waals surface area contributed by atoms with Gasteiger partial charge in [0, 0.05) is 16.7 Å². The molecule has 1 unspecified atom stereocenters. The van der Waals surface area contributed by atoms with Crippen molar-refractivity contribution in [3.8, 4) is 0 Å². The Balaban J connectivity index is 1.64. The topological polar surface area (TPSA) is 110 Å². The van der Waals surface area contributed by atoms with Crippen LogP contribution in [0.5, 0.6) is 0 Å². The molecular weight excluding hydrogens is 412 g/mol. The number of aliphatic hydroxyl groups is 2. The van der Waals surface area contributed by atoms with Crippen molar-refractivity contribution in [3.63, 3.8) is 0 Å². The predicted molar refractivity (Wildman–Crippen MR) is 115 cm³/mol. The van der Waals surface area contributed by atoms with Crippen molar-refractivity contribution >= 4 is 17.7 Å². The molecule has 4 aliphatic rings. The van der Waals surface area contributed by atoms with Crippen LogP contribution in [-0.2, 0) is 19.1 Å². The second-order valence-corrected chi connectivity index (χ2v) is 10.5. The number of fused-ring (bicyclic) bond motifs is 5. The van der Waals surface area contributed by atoms with E-state index in [1.165, 1.54) is 0 Å². The molecule has 0 bridgehead atoms. The van der Waals surface area contributed by atoms with Gasteiger partial charge in [-0.25, -0.2) is 4.79 Å². The van der Waals surface area contributed by atoms with Gasteiger partial charge < -0.3 is 19.7 Å². The van der Waals surface area contributed by atoms with E-state index in [1.807, 2.05) is 19.9 Å². The molecule has 3 fully saturated rings. The van der Waals surface area contributed by atoms with Gasteiger partial charge in [0.05, 0.1) is 12.7 Å². The standard InChI is InChI=1S/C25H34O7/c1-5-31-22(29)32-13-20(28)25(30)14(2)10-18-17-7-6-15-11-16(26)8-9-23(15,3)21(17)19(27)12-24(18,25)4/h8-9,11,14,17-19,21,27,30H,5-7,10,12-13H2,1-4H3/t14-,17-,18-,19+,21?,23-,24-,25-/m0/s1. The smallest absolute Gasteiger partial charge is 0.435 e. The number of hydrogen-bond donors (Lipinski definition) is 2. The van der Waals surface area contributed by atoms with E-state index < -0.39 is 41.1 Å². The number of hydrogen-bond acceptors (Lipinski definition) is 7. The van der Waals surface area contributed by atoms with Gasteiger partial charge in [-0.2, -0.15) is 0 Å². The normalized spacial score (nSPS) is 44.8. The molecule has 0 aromatic heterocycles. The molecule has 2 N–H and O–H groups in total. The Kier molecular flexibility index (Phi) is 5.65. The summed E-state index contributed by atoms with van der Waals surface area (Å²) in [6, 6.07) is 0. The second-order valence-electron chi connectivity index (χ2n) is 10.5. The van der Waals surface area contributed by atoms with Crippen molar-refractivity contribution in [3.05, 3.63) is 23.8 Å². The van der Waals surface area contributed by atoms with Gasteiger partial charge >= 0.3 is 6.16 Å². The number of Topliss-reactive ketones (excluding diaryl/α,β-unsaturated/α-hetero) is 1. The molecule has 0 amide bonds. The van der Waals surface area contributed by atoms with Gasteiger partial charge in [-0.05, 0) is 62.5 Å². The fraction of sp³-hybridized carbons (Fsp3) is 0.720. The van der Waals surface area contributed by atoms with Crippen LogP contribution in [0.2, 0.25) is 0 Å². The maximum atomic E-state index is 13.2. The van der Waals surface area contributed by atoms with Crippen molar-refractivity contribution in [1.82, 2.24) is 0 Å². The fourth-order valence-electron chi connectivity index (χ4n) is 7.65. The first-order valence-electron chi connectivity index (χ1n) is 11.7. The molecule has 32 heavy (non-hydrogen) atoms. The maximum Gasteiger partial charge on any atom is 0.508 e. The first-order valence-corrected chi connectivity index (χ1v) is 11.7. The molecular formula is C25H34O7. The lowest BCUT2D eigenvalue weighted by Gasteiger charge is -2.59. The Labute approximate surface area is 188 Å². The van der Waals surface area contributed by atoms with Crippen LogP contribution >= 0.6 is 0 Å². The summed E-state index contributed by atoms with van der Waals surface area (Å²) in [5.41, 5.74) is -1.88. The molecule has 0 aromatic carbocycles. The number of ketones is 2. The lowest BCUT2D eigenvalue weighted by Crippen LogP contribution is -2.62. The van der Waals surface area contributed by atoms with Crippen molar-refractivity contribution in [2.45, 2.75) is 65.1 Å². The molecule has 4 rings (SSSR count). The summed E-state index contributed by atoms with van der Waals surface area (Å²) in [5, 5.41) is 23.2. The first-order chi connectivity index (χ1) is 15.0. The molecule has 3 saturated carbocycles. The van der Waals surface area contributed by atoms with Gasteiger partial charge in [0.25, 0.3) is 0 Å². The maximum absolute atomic E-state index is 13.2. The number of rotatable bonds is 4. The number of aliphatic hydroxyl groups excluding tert-OH is 1. The monoisotopic (exact) mass is 446 g/mol. The quantitative estimate of drug-likeness (QED) is 0.639. The average molecular weight is 447 g/mol. The number of carbonyl (C=O) groups is 3. The summed E-state index contributed by atoms with van der Waals surface area (Å²) < 4.78 is 9.68. The second kappa shape index (κ2) is 7.80. The molecule has 0 radical (unpaired) electrons. The predicted octanol–water partition coefficient (Wildman–Crippen LogP) is 2.98. The molecule has 8 atom stereocenters. The van der Waals surface area contributed by atoms with Crippen molar-refractivity contribution in [2.75, 3.05) is 13.2 Å². The third kappa shape index (κ3) is 3.11. The zero-order chi connectivity index (χ0) is 23.5. The van der Waals surface area contributed by atoms with E-state index in [0.717, 1.165) is 18.4 Å². The summed E-state index contributed by atoms with van der Waals surface area (Å²) in [6.07, 6.45) is 6.08. The molecule has 0 saturated heterocycles. The van der Waals surface area contributed by atoms with Crippen molar-refractivity contribution < 1.29 is 34.1 Å². The van der Waals surface area contributed by atoms with Crippen molar-refractivity contribution in [1.29, 1.82) is 0 Å². The Morgan fingerprint density at radius 1 is 1.25 bits per heavy atom. The minimum atomic E-state index is -1.70. The molecule has 7 heteroatoms. The van der Waals surface area contributed by atoms with E-state index >= 15 is 0 Å². The number of ether oxygens (including phenoxy) is 2. The van der Waals surface area contributed by atoms with Gasteiger partial charge in [0.1, 0.15) is 5.60 Å². The zero-order valence-corrected chi connectivity index (χ0v) is 19.3. The van der Waals surface area contributed by atoms with Crippen LogP contribution in [0.1, 0.15) is 53.4 Å². The van der Waals surface area contributed by atoms with Crippen LogP contribution in [0.25, 0.3) is 0 Å². The van der Waals surface area contributed by atoms with Crippen LogP contribution in [0.15, 0.2) is 23.8 Å². The Morgan fingerprint density at radius 2 is 1.97 bits per heavy atom. The Morgan fingerprint density at radius 3 is 2.66 bits per heavy atom. The van der Waals surface area contributed by atoms with Crippen LogP contribution in [0.3, 0.4) is 0 Å². The van der Waals surface area contributed by atoms with Gasteiger partial charge in [0.2, 0.25) is 5.78 Å². The zero-order valence-electron chi connectivity index (χ0n) is 19.3. The summed E-state index contributed by atoms with van der Waals surface area (Å²) in [6.45, 7) is 7.08. The minimum absolute atomic E-state index is 0.0119. The summed E-state index contributed by atoms with van der Waals surface area (Å²) in [4.78, 5) is 36.8. The van der Waals surface area contributed by atoms with E-state index in [1.54, 1.807) is 19.1 Å². The SMILES string of the molecule is CCOC(=O)OCC(=O)[C@@]1(O)[C@@H](C)C[C@H]2[C@@H]3CCC4=CC(=O)C=C[C@]4(C)C3[C@H](O)C[C@@]21C. The van der Waals surface area contributed by atoms with Gasteiger partial charge in [-0.1, -0.05) is 32.4 Å². The van der Waals surface area contributed by atoms with E-state index in [4.69, 9.17) is 9.47 Å². The molecule has 4 aliphatic carbocycles. The lowest BCUT2D eigenvalue weighted by atomic mass is 9.46. The number of allylic oxidation sites excluding steroid dienone is 4. The highest BCUT2D eigenvalue weighted by atomic mass is 16.7. The minimum Gasteiger partial charge on any atom is -0.435 e. The van der Waals surface area contributed by atoms with E-state index in [0.29, 0.717) is 6.42 Å². The average Bonchev–Trinajstić information content (AvgIpc) is 2.93. The highest BCUT2D eigenvalue weighted by molar-refractivity contribution is 6.01. The third-order valence-electron chi connectivity index (χ3n) is 9.09. The van der Waals surface area contributed by atoms with Gasteiger partial charge in [-0.15, -0.1) is 0 Å². The van der Waals surface area contributed by atoms with E-state index in [2.05, 4.69) is 6.92 Å². The Bertz CT molecular complexity index is 891. The molecule has 7 nitrogen and oxygen atoms in total. The van der Waals surface area contributed by atoms with Crippen LogP contribution < -0.4 is 0 Å². The molecule has 176 valence electrons. The highest BCUT2D eigenvalue weighted by Crippen LogP contribution is 2.68. The van der Waals surface area contributed by atoms with Crippen LogP contribution in [-0.4, -0.2) is 52.9 Å². The lowest BCUT2D eigenvalue weighted by molar-refractivity contribution is -0.184. The van der Waals surface area contributed by atoms with Crippen LogP contribution in [0.4, 0.5) is 4.79 Å². The third-order valence-corrected chi connectivity index (χ3v) is 9.09. The van der Waals surface area contributed by atoms with Crippen molar-refractivity contribution in [2.24, 2.45) is 34.5 Å². The summed E-state index contributed by atoms with van der Waals surface area (Å²) >= 11 is 0. The fourth-order valence-corrected chi connectivity index (χ4v) is 7.65.